The highest BCUT2D eigenvalue weighted by Crippen LogP contribution is 2.19. The molecule has 2 rings (SSSR count). The molecule has 0 aliphatic carbocycles. The van der Waals surface area contributed by atoms with Crippen LogP contribution in [0.1, 0.15) is 11.3 Å². The van der Waals surface area contributed by atoms with Crippen LogP contribution in [0.2, 0.25) is 0 Å². The van der Waals surface area contributed by atoms with Crippen molar-refractivity contribution in [1.29, 1.82) is 0 Å². The maximum Gasteiger partial charge on any atom is 0.127 e. The number of aromatic nitrogens is 1. The largest absolute Gasteiger partial charge is 0.492 e. The first-order valence-electron chi connectivity index (χ1n) is 4.15. The predicted octanol–water partition coefficient (Wildman–Crippen LogP) is 0.872. The average Bonchev–Trinajstić information content (AvgIpc) is 2.28. The fourth-order valence-corrected chi connectivity index (χ4v) is 1.29. The van der Waals surface area contributed by atoms with Crippen molar-refractivity contribution in [2.24, 2.45) is 0 Å². The highest BCUT2D eigenvalue weighted by Gasteiger charge is 2.07. The van der Waals surface area contributed by atoms with Gasteiger partial charge >= 0.3 is 0 Å². The second-order valence-electron chi connectivity index (χ2n) is 2.96. The fraction of sp³-hybridized carbons (Fsp3) is 0.444. The van der Waals surface area contributed by atoms with Crippen LogP contribution in [0.25, 0.3) is 0 Å². The van der Waals surface area contributed by atoms with Crippen molar-refractivity contribution in [3.8, 4) is 5.75 Å². The van der Waals surface area contributed by atoms with E-state index in [0.29, 0.717) is 0 Å². The summed E-state index contributed by atoms with van der Waals surface area (Å²) in [7, 11) is 0. The molecule has 1 aromatic rings. The molecule has 1 aliphatic rings. The van der Waals surface area contributed by atoms with Gasteiger partial charge in [0.05, 0.1) is 0 Å². The van der Waals surface area contributed by atoms with Gasteiger partial charge in [-0.15, -0.1) is 0 Å². The molecule has 0 spiro atoms. The SMILES string of the molecule is Cc1cc2c(cn1)CNCCO2. The standard InChI is InChI=1S/C9H12N2O/c1-7-4-9-8(6-11-7)5-10-2-3-12-9/h4,6,10H,2-3,5H2,1H3. The highest BCUT2D eigenvalue weighted by molar-refractivity contribution is 5.33. The Hall–Kier alpha value is -1.09. The molecular formula is C9H12N2O. The Morgan fingerprint density at radius 1 is 1.58 bits per heavy atom. The van der Waals surface area contributed by atoms with E-state index < -0.39 is 0 Å². The fourth-order valence-electron chi connectivity index (χ4n) is 1.29. The van der Waals surface area contributed by atoms with Gasteiger partial charge in [0.1, 0.15) is 12.4 Å². The minimum Gasteiger partial charge on any atom is -0.492 e. The van der Waals surface area contributed by atoms with Crippen molar-refractivity contribution in [2.45, 2.75) is 13.5 Å². The van der Waals surface area contributed by atoms with E-state index in [1.54, 1.807) is 0 Å². The number of ether oxygens (including phenoxy) is 1. The van der Waals surface area contributed by atoms with Gasteiger partial charge in [0.15, 0.2) is 0 Å². The monoisotopic (exact) mass is 164 g/mol. The molecule has 12 heavy (non-hydrogen) atoms. The minimum atomic E-state index is 0.746. The van der Waals surface area contributed by atoms with E-state index in [-0.39, 0.29) is 0 Å². The molecule has 0 radical (unpaired) electrons. The van der Waals surface area contributed by atoms with Crippen LogP contribution in [0.15, 0.2) is 12.3 Å². The Kier molecular flexibility index (Phi) is 1.96. The summed E-state index contributed by atoms with van der Waals surface area (Å²) in [5.74, 6) is 0.979. The Bertz CT molecular complexity index is 286. The van der Waals surface area contributed by atoms with E-state index in [1.165, 1.54) is 0 Å². The van der Waals surface area contributed by atoms with Crippen molar-refractivity contribution in [1.82, 2.24) is 10.3 Å². The first-order valence-corrected chi connectivity index (χ1v) is 4.15. The van der Waals surface area contributed by atoms with Crippen molar-refractivity contribution >= 4 is 0 Å². The summed E-state index contributed by atoms with van der Waals surface area (Å²) in [6.45, 7) is 4.49. The van der Waals surface area contributed by atoms with Crippen LogP contribution in [0, 0.1) is 6.92 Å². The van der Waals surface area contributed by atoms with Crippen LogP contribution in [-0.2, 0) is 6.54 Å². The lowest BCUT2D eigenvalue weighted by molar-refractivity contribution is 0.325. The topological polar surface area (TPSA) is 34.2 Å². The van der Waals surface area contributed by atoms with Crippen LogP contribution in [0.5, 0.6) is 5.75 Å². The summed E-state index contributed by atoms with van der Waals surface area (Å²) in [6, 6.07) is 1.99. The molecule has 0 amide bonds. The smallest absolute Gasteiger partial charge is 0.127 e. The molecule has 1 aromatic heterocycles. The Balaban J connectivity index is 2.36. The quantitative estimate of drug-likeness (QED) is 0.618. The number of aryl methyl sites for hydroxylation is 1. The predicted molar refractivity (Wildman–Crippen MR) is 46.2 cm³/mol. The molecule has 64 valence electrons. The van der Waals surface area contributed by atoms with E-state index >= 15 is 0 Å². The molecule has 0 unspecified atom stereocenters. The molecule has 2 heterocycles. The zero-order valence-corrected chi connectivity index (χ0v) is 7.13. The number of nitrogens with one attached hydrogen (secondary N) is 1. The van der Waals surface area contributed by atoms with Gasteiger partial charge < -0.3 is 10.1 Å². The number of nitrogens with zero attached hydrogens (tertiary/aromatic N) is 1. The van der Waals surface area contributed by atoms with Crippen molar-refractivity contribution < 1.29 is 4.74 Å². The Morgan fingerprint density at radius 3 is 3.42 bits per heavy atom. The summed E-state index contributed by atoms with van der Waals surface area (Å²) in [5.41, 5.74) is 2.16. The summed E-state index contributed by atoms with van der Waals surface area (Å²) in [6.07, 6.45) is 1.88. The van der Waals surface area contributed by atoms with Crippen molar-refractivity contribution in [2.75, 3.05) is 13.2 Å². The molecule has 0 saturated carbocycles. The molecule has 0 bridgehead atoms. The molecule has 0 aromatic carbocycles. The Morgan fingerprint density at radius 2 is 2.50 bits per heavy atom. The van der Waals surface area contributed by atoms with Crippen molar-refractivity contribution in [3.63, 3.8) is 0 Å². The lowest BCUT2D eigenvalue weighted by Crippen LogP contribution is -2.16. The Labute approximate surface area is 71.8 Å². The van der Waals surface area contributed by atoms with Crippen LogP contribution >= 0.6 is 0 Å². The van der Waals surface area contributed by atoms with Gasteiger partial charge in [-0.1, -0.05) is 0 Å². The van der Waals surface area contributed by atoms with Gasteiger partial charge in [-0.3, -0.25) is 4.98 Å². The van der Waals surface area contributed by atoms with E-state index in [2.05, 4.69) is 10.3 Å². The second-order valence-corrected chi connectivity index (χ2v) is 2.96. The number of rotatable bonds is 0. The second kappa shape index (κ2) is 3.11. The molecule has 3 nitrogen and oxygen atoms in total. The highest BCUT2D eigenvalue weighted by atomic mass is 16.5. The first kappa shape index (κ1) is 7.55. The average molecular weight is 164 g/mol. The summed E-state index contributed by atoms with van der Waals surface area (Å²) in [4.78, 5) is 4.21. The minimum absolute atomic E-state index is 0.746. The molecule has 0 fully saturated rings. The van der Waals surface area contributed by atoms with E-state index in [0.717, 1.165) is 36.7 Å². The molecule has 1 N–H and O–H groups in total. The molecule has 0 atom stereocenters. The van der Waals surface area contributed by atoms with Crippen LogP contribution in [0.3, 0.4) is 0 Å². The number of pyridine rings is 1. The summed E-state index contributed by atoms with van der Waals surface area (Å²) >= 11 is 0. The maximum atomic E-state index is 5.53. The van der Waals surface area contributed by atoms with Crippen LogP contribution in [0.4, 0.5) is 0 Å². The lowest BCUT2D eigenvalue weighted by atomic mass is 10.2. The van der Waals surface area contributed by atoms with Crippen LogP contribution < -0.4 is 10.1 Å². The van der Waals surface area contributed by atoms with Gasteiger partial charge in [0.2, 0.25) is 0 Å². The third-order valence-electron chi connectivity index (χ3n) is 1.93. The van der Waals surface area contributed by atoms with Gasteiger partial charge in [-0.2, -0.15) is 0 Å². The molecule has 0 saturated heterocycles. The maximum absolute atomic E-state index is 5.53. The third-order valence-corrected chi connectivity index (χ3v) is 1.93. The summed E-state index contributed by atoms with van der Waals surface area (Å²) in [5, 5.41) is 3.26. The van der Waals surface area contributed by atoms with Gasteiger partial charge in [-0.05, 0) is 6.92 Å². The van der Waals surface area contributed by atoms with E-state index in [4.69, 9.17) is 4.74 Å². The third kappa shape index (κ3) is 1.41. The van der Waals surface area contributed by atoms with E-state index in [1.807, 2.05) is 19.2 Å². The van der Waals surface area contributed by atoms with Gasteiger partial charge in [-0.25, -0.2) is 0 Å². The van der Waals surface area contributed by atoms with Crippen molar-refractivity contribution in [3.05, 3.63) is 23.5 Å². The normalized spacial score (nSPS) is 16.1. The van der Waals surface area contributed by atoms with Gasteiger partial charge in [0, 0.05) is 36.6 Å². The molecule has 3 heteroatoms. The lowest BCUT2D eigenvalue weighted by Gasteiger charge is -2.05. The molecular weight excluding hydrogens is 152 g/mol. The molecule has 1 aliphatic heterocycles. The number of fused-ring (bicyclic) bond motifs is 1. The number of hydrogen-bond donors (Lipinski definition) is 1. The van der Waals surface area contributed by atoms with E-state index in [9.17, 15) is 0 Å². The summed E-state index contributed by atoms with van der Waals surface area (Å²) < 4.78 is 5.53. The number of hydrogen-bond acceptors (Lipinski definition) is 3. The van der Waals surface area contributed by atoms with Crippen LogP contribution in [-0.4, -0.2) is 18.1 Å². The zero-order chi connectivity index (χ0) is 8.39. The first-order chi connectivity index (χ1) is 5.86. The zero-order valence-electron chi connectivity index (χ0n) is 7.13. The van der Waals surface area contributed by atoms with Gasteiger partial charge in [0.25, 0.3) is 0 Å².